The summed E-state index contributed by atoms with van der Waals surface area (Å²) >= 11 is 0. The van der Waals surface area contributed by atoms with Gasteiger partial charge in [0.25, 0.3) is 5.56 Å². The summed E-state index contributed by atoms with van der Waals surface area (Å²) in [6.07, 6.45) is -0.722. The van der Waals surface area contributed by atoms with Gasteiger partial charge >= 0.3 is 6.18 Å². The molecule has 0 saturated carbocycles. The van der Waals surface area contributed by atoms with Crippen LogP contribution in [0.3, 0.4) is 0 Å². The molecule has 158 valence electrons. The third-order valence-electron chi connectivity index (χ3n) is 4.50. The molecular weight excluding hydrogens is 401 g/mol. The Kier molecular flexibility index (Phi) is 5.95. The predicted octanol–water partition coefficient (Wildman–Crippen LogP) is 2.52. The number of pyridine rings is 1. The maximum absolute atomic E-state index is 12.9. The van der Waals surface area contributed by atoms with E-state index < -0.39 is 35.8 Å². The number of carbonyl (C=O) groups excluding carboxylic acids is 1. The fourth-order valence-electron chi connectivity index (χ4n) is 2.93. The minimum atomic E-state index is -4.62. The Hall–Kier alpha value is -3.56. The predicted molar refractivity (Wildman–Crippen MR) is 102 cm³/mol. The topological polar surface area (TPSA) is 78.2 Å². The molecule has 0 aliphatic rings. The van der Waals surface area contributed by atoms with Crippen LogP contribution in [0.1, 0.15) is 23.0 Å². The average Bonchev–Trinajstić information content (AvgIpc) is 3.12. The van der Waals surface area contributed by atoms with Crippen LogP contribution in [-0.4, -0.2) is 27.1 Å². The zero-order valence-corrected chi connectivity index (χ0v) is 16.2. The van der Waals surface area contributed by atoms with Gasteiger partial charge in [-0.15, -0.1) is 0 Å². The molecular formula is C20H19F3N4O3. The van der Waals surface area contributed by atoms with Crippen LogP contribution in [0.4, 0.5) is 13.2 Å². The van der Waals surface area contributed by atoms with E-state index in [4.69, 9.17) is 4.74 Å². The van der Waals surface area contributed by atoms with Gasteiger partial charge in [0, 0.05) is 31.7 Å². The molecule has 1 atom stereocenters. The van der Waals surface area contributed by atoms with Gasteiger partial charge in [0.05, 0.1) is 12.7 Å². The Bertz CT molecular complexity index is 1090. The molecule has 2 aromatic heterocycles. The van der Waals surface area contributed by atoms with Gasteiger partial charge in [-0.05, 0) is 23.8 Å². The second-order valence-electron chi connectivity index (χ2n) is 6.55. The number of amides is 1. The molecule has 0 aliphatic heterocycles. The minimum absolute atomic E-state index is 0.518. The highest BCUT2D eigenvalue weighted by Crippen LogP contribution is 2.28. The fraction of sp³-hybridized carbons (Fsp3) is 0.250. The van der Waals surface area contributed by atoms with Gasteiger partial charge in [-0.1, -0.05) is 12.1 Å². The Morgan fingerprint density at radius 2 is 1.90 bits per heavy atom. The van der Waals surface area contributed by atoms with Gasteiger partial charge in [0.15, 0.2) is 0 Å². The second-order valence-corrected chi connectivity index (χ2v) is 6.55. The number of nitrogens with one attached hydrogen (secondary N) is 1. The summed E-state index contributed by atoms with van der Waals surface area (Å²) in [5, 5.41) is 2.74. The molecule has 3 aromatic rings. The number of rotatable bonds is 6. The molecule has 0 saturated heterocycles. The van der Waals surface area contributed by atoms with Crippen LogP contribution in [0.5, 0.6) is 5.75 Å². The van der Waals surface area contributed by atoms with E-state index in [1.165, 1.54) is 7.11 Å². The van der Waals surface area contributed by atoms with Crippen LogP contribution in [-0.2, 0) is 24.6 Å². The second kappa shape index (κ2) is 8.44. The number of nitrogens with zero attached hydrogens (tertiary/aromatic N) is 3. The van der Waals surface area contributed by atoms with E-state index >= 15 is 0 Å². The summed E-state index contributed by atoms with van der Waals surface area (Å²) in [6, 6.07) is 7.72. The van der Waals surface area contributed by atoms with Gasteiger partial charge < -0.3 is 19.2 Å². The monoisotopic (exact) mass is 420 g/mol. The highest BCUT2D eigenvalue weighted by Gasteiger charge is 2.31. The summed E-state index contributed by atoms with van der Waals surface area (Å²) in [4.78, 5) is 28.8. The standard InChI is InChI=1S/C20H19F3N4O3/c1-26-10-9-24-19(26)18(13-3-6-15(30-2)7-4-13)25-16(28)12-27-11-14(20(21,22)23)5-8-17(27)29/h3-11,18H,12H2,1-2H3,(H,25,28)/t18-/m1/s1. The molecule has 10 heteroatoms. The quantitative estimate of drug-likeness (QED) is 0.665. The van der Waals surface area contributed by atoms with Crippen LogP contribution in [0.15, 0.2) is 59.8 Å². The first kappa shape index (κ1) is 21.2. The minimum Gasteiger partial charge on any atom is -0.497 e. The molecule has 0 fully saturated rings. The van der Waals surface area contributed by atoms with Gasteiger partial charge in [-0.2, -0.15) is 13.2 Å². The summed E-state index contributed by atoms with van der Waals surface area (Å²) in [5.41, 5.74) is -1.03. The number of aryl methyl sites for hydroxylation is 1. The summed E-state index contributed by atoms with van der Waals surface area (Å²) in [5.74, 6) is 0.504. The largest absolute Gasteiger partial charge is 0.497 e. The van der Waals surface area contributed by atoms with Crippen LogP contribution in [0.25, 0.3) is 0 Å². The molecule has 0 radical (unpaired) electrons. The van der Waals surface area contributed by atoms with Gasteiger partial charge in [-0.25, -0.2) is 4.98 Å². The van der Waals surface area contributed by atoms with Crippen molar-refractivity contribution < 1.29 is 22.7 Å². The van der Waals surface area contributed by atoms with Crippen molar-refractivity contribution in [1.29, 1.82) is 0 Å². The average molecular weight is 420 g/mol. The Morgan fingerprint density at radius 3 is 2.47 bits per heavy atom. The van der Waals surface area contributed by atoms with E-state index in [9.17, 15) is 22.8 Å². The number of ether oxygens (including phenoxy) is 1. The lowest BCUT2D eigenvalue weighted by Gasteiger charge is -2.20. The van der Waals surface area contributed by atoms with Crippen molar-refractivity contribution >= 4 is 5.91 Å². The molecule has 1 amide bonds. The number of hydrogen-bond donors (Lipinski definition) is 1. The Labute approximate surface area is 169 Å². The number of benzene rings is 1. The molecule has 1 N–H and O–H groups in total. The van der Waals surface area contributed by atoms with Crippen LogP contribution in [0, 0.1) is 0 Å². The van der Waals surface area contributed by atoms with Crippen molar-refractivity contribution in [2.45, 2.75) is 18.8 Å². The number of imidazole rings is 1. The summed E-state index contributed by atoms with van der Waals surface area (Å²) in [6.45, 7) is -0.570. The number of alkyl halides is 3. The molecule has 0 bridgehead atoms. The fourth-order valence-corrected chi connectivity index (χ4v) is 2.93. The number of carbonyl (C=O) groups is 1. The number of aromatic nitrogens is 3. The van der Waals surface area contributed by atoms with E-state index in [2.05, 4.69) is 10.3 Å². The van der Waals surface area contributed by atoms with Crippen molar-refractivity contribution in [3.8, 4) is 5.75 Å². The van der Waals surface area contributed by atoms with Gasteiger partial charge in [0.2, 0.25) is 5.91 Å². The van der Waals surface area contributed by atoms with Crippen molar-refractivity contribution in [2.24, 2.45) is 7.05 Å². The van der Waals surface area contributed by atoms with E-state index in [0.29, 0.717) is 29.4 Å². The maximum atomic E-state index is 12.9. The van der Waals surface area contributed by atoms with Crippen LogP contribution < -0.4 is 15.6 Å². The molecule has 30 heavy (non-hydrogen) atoms. The molecule has 2 heterocycles. The summed E-state index contributed by atoms with van der Waals surface area (Å²) < 4.78 is 46.3. The normalized spacial score (nSPS) is 12.4. The first-order chi connectivity index (χ1) is 14.2. The SMILES string of the molecule is COc1ccc([C@@H](NC(=O)Cn2cc(C(F)(F)F)ccc2=O)c2nccn2C)cc1. The zero-order chi connectivity index (χ0) is 21.9. The van der Waals surface area contributed by atoms with E-state index in [-0.39, 0.29) is 0 Å². The number of methoxy groups -OCH3 is 1. The van der Waals surface area contributed by atoms with E-state index in [0.717, 1.165) is 10.6 Å². The molecule has 0 aliphatic carbocycles. The van der Waals surface area contributed by atoms with E-state index in [1.807, 2.05) is 0 Å². The van der Waals surface area contributed by atoms with Crippen molar-refractivity contribution in [3.05, 3.63) is 82.3 Å². The molecule has 1 aromatic carbocycles. The van der Waals surface area contributed by atoms with Gasteiger partial charge in [0.1, 0.15) is 24.2 Å². The first-order valence-electron chi connectivity index (χ1n) is 8.87. The smallest absolute Gasteiger partial charge is 0.417 e. The van der Waals surface area contributed by atoms with Crippen molar-refractivity contribution in [1.82, 2.24) is 19.4 Å². The molecule has 7 nitrogen and oxygen atoms in total. The van der Waals surface area contributed by atoms with Crippen molar-refractivity contribution in [3.63, 3.8) is 0 Å². The lowest BCUT2D eigenvalue weighted by molar-refractivity contribution is -0.138. The Balaban J connectivity index is 1.87. The van der Waals surface area contributed by atoms with Gasteiger partial charge in [-0.3, -0.25) is 9.59 Å². The first-order valence-corrected chi connectivity index (χ1v) is 8.87. The third-order valence-corrected chi connectivity index (χ3v) is 4.50. The molecule has 3 rings (SSSR count). The number of halogens is 3. The van der Waals surface area contributed by atoms with Crippen molar-refractivity contribution in [2.75, 3.05) is 7.11 Å². The molecule has 0 unspecified atom stereocenters. The lowest BCUT2D eigenvalue weighted by Crippen LogP contribution is -2.36. The number of hydrogen-bond acceptors (Lipinski definition) is 4. The molecule has 0 spiro atoms. The zero-order valence-electron chi connectivity index (χ0n) is 16.2. The third kappa shape index (κ3) is 4.70. The highest BCUT2D eigenvalue weighted by molar-refractivity contribution is 5.76. The Morgan fingerprint density at radius 1 is 1.20 bits per heavy atom. The highest BCUT2D eigenvalue weighted by atomic mass is 19.4. The van der Waals surface area contributed by atoms with Crippen LogP contribution >= 0.6 is 0 Å². The van der Waals surface area contributed by atoms with E-state index in [1.54, 1.807) is 48.3 Å². The lowest BCUT2D eigenvalue weighted by atomic mass is 10.1. The maximum Gasteiger partial charge on any atom is 0.417 e. The van der Waals surface area contributed by atoms with Crippen LogP contribution in [0.2, 0.25) is 0 Å². The summed E-state index contributed by atoms with van der Waals surface area (Å²) in [7, 11) is 3.28.